The van der Waals surface area contributed by atoms with Gasteiger partial charge >= 0.3 is 0 Å². The van der Waals surface area contributed by atoms with Gasteiger partial charge in [0.15, 0.2) is 0 Å². The van der Waals surface area contributed by atoms with Crippen LogP contribution in [0.4, 0.5) is 0 Å². The first-order valence-corrected chi connectivity index (χ1v) is 11.7. The SMILES string of the molecule is CCn1c(CN2CC[C@H](c3cc(CCOc4ccc(OC)cc4)[nH]n3)C2)nc2ccccc21. The molecule has 1 atom stereocenters. The molecule has 5 rings (SSSR count). The van der Waals surface area contributed by atoms with E-state index in [0.29, 0.717) is 12.5 Å². The minimum Gasteiger partial charge on any atom is -0.497 e. The predicted octanol–water partition coefficient (Wildman–Crippen LogP) is 4.40. The second-order valence-electron chi connectivity index (χ2n) is 8.57. The molecule has 0 radical (unpaired) electrons. The van der Waals surface area contributed by atoms with Crippen LogP contribution in [0.1, 0.15) is 36.5 Å². The number of rotatable bonds is 9. The number of imidazole rings is 1. The Morgan fingerprint density at radius 1 is 1.09 bits per heavy atom. The van der Waals surface area contributed by atoms with Crippen LogP contribution in [0.25, 0.3) is 11.0 Å². The molecule has 3 heterocycles. The van der Waals surface area contributed by atoms with Crippen molar-refractivity contribution in [2.45, 2.75) is 38.8 Å². The Hall–Kier alpha value is -3.32. The highest BCUT2D eigenvalue weighted by Crippen LogP contribution is 2.28. The highest BCUT2D eigenvalue weighted by atomic mass is 16.5. The van der Waals surface area contributed by atoms with Crippen molar-refractivity contribution in [3.05, 3.63) is 71.8 Å². The van der Waals surface area contributed by atoms with Crippen molar-refractivity contribution in [3.8, 4) is 11.5 Å². The van der Waals surface area contributed by atoms with Gasteiger partial charge in [0.25, 0.3) is 0 Å². The van der Waals surface area contributed by atoms with E-state index >= 15 is 0 Å². The molecule has 0 amide bonds. The van der Waals surface area contributed by atoms with Crippen LogP contribution in [0.2, 0.25) is 0 Å². The van der Waals surface area contributed by atoms with E-state index in [-0.39, 0.29) is 0 Å². The van der Waals surface area contributed by atoms with Crippen molar-refractivity contribution < 1.29 is 9.47 Å². The van der Waals surface area contributed by atoms with Crippen LogP contribution in [0.3, 0.4) is 0 Å². The monoisotopic (exact) mass is 445 g/mol. The number of aromatic nitrogens is 4. The van der Waals surface area contributed by atoms with Gasteiger partial charge in [-0.1, -0.05) is 12.1 Å². The molecular formula is C26H31N5O2. The summed E-state index contributed by atoms with van der Waals surface area (Å²) in [4.78, 5) is 7.40. The number of aryl methyl sites for hydroxylation is 1. The standard InChI is InChI=1S/C26H31N5O2/c1-3-31-25-7-5-4-6-23(25)27-26(31)18-30-14-12-19(17-30)24-16-20(28-29-24)13-15-33-22-10-8-21(32-2)9-11-22/h4-11,16,19H,3,12-15,17-18H2,1-2H3,(H,28,29)/t19-/m0/s1. The van der Waals surface area contributed by atoms with Gasteiger partial charge in [-0.05, 0) is 62.4 Å². The molecule has 7 nitrogen and oxygen atoms in total. The van der Waals surface area contributed by atoms with Crippen LogP contribution in [-0.4, -0.2) is 51.5 Å². The van der Waals surface area contributed by atoms with Crippen molar-refractivity contribution in [1.82, 2.24) is 24.6 Å². The second-order valence-corrected chi connectivity index (χ2v) is 8.57. The lowest BCUT2D eigenvalue weighted by molar-refractivity contribution is 0.313. The molecule has 1 aliphatic heterocycles. The number of ether oxygens (including phenoxy) is 2. The fourth-order valence-corrected chi connectivity index (χ4v) is 4.68. The molecule has 33 heavy (non-hydrogen) atoms. The molecule has 2 aromatic carbocycles. The number of nitrogens with zero attached hydrogens (tertiary/aromatic N) is 4. The summed E-state index contributed by atoms with van der Waals surface area (Å²) in [7, 11) is 1.66. The van der Waals surface area contributed by atoms with E-state index in [1.807, 2.05) is 24.3 Å². The summed E-state index contributed by atoms with van der Waals surface area (Å²) < 4.78 is 13.4. The molecule has 7 heteroatoms. The van der Waals surface area contributed by atoms with Gasteiger partial charge in [-0.25, -0.2) is 4.98 Å². The zero-order valence-electron chi connectivity index (χ0n) is 19.3. The van der Waals surface area contributed by atoms with Crippen molar-refractivity contribution in [2.75, 3.05) is 26.8 Å². The van der Waals surface area contributed by atoms with Gasteiger partial charge in [0.1, 0.15) is 17.3 Å². The minimum atomic E-state index is 0.456. The molecule has 0 saturated carbocycles. The first-order chi connectivity index (χ1) is 16.2. The highest BCUT2D eigenvalue weighted by molar-refractivity contribution is 5.75. The Labute approximate surface area is 194 Å². The lowest BCUT2D eigenvalue weighted by atomic mass is 10.0. The molecule has 172 valence electrons. The lowest BCUT2D eigenvalue weighted by Crippen LogP contribution is -2.22. The van der Waals surface area contributed by atoms with E-state index in [9.17, 15) is 0 Å². The molecule has 1 N–H and O–H groups in total. The molecule has 0 spiro atoms. The van der Waals surface area contributed by atoms with Gasteiger partial charge in [-0.15, -0.1) is 0 Å². The van der Waals surface area contributed by atoms with Gasteiger partial charge in [-0.3, -0.25) is 10.00 Å². The number of aromatic amines is 1. The number of nitrogens with one attached hydrogen (secondary N) is 1. The van der Waals surface area contributed by atoms with Gasteiger partial charge in [0.05, 0.1) is 37.0 Å². The van der Waals surface area contributed by atoms with Crippen molar-refractivity contribution >= 4 is 11.0 Å². The fourth-order valence-electron chi connectivity index (χ4n) is 4.68. The van der Waals surface area contributed by atoms with Crippen molar-refractivity contribution in [2.24, 2.45) is 0 Å². The fraction of sp³-hybridized carbons (Fsp3) is 0.385. The molecule has 1 fully saturated rings. The Kier molecular flexibility index (Phi) is 6.30. The summed E-state index contributed by atoms with van der Waals surface area (Å²) >= 11 is 0. The third-order valence-electron chi connectivity index (χ3n) is 6.46. The number of para-hydroxylation sites is 2. The van der Waals surface area contributed by atoms with E-state index in [2.05, 4.69) is 56.9 Å². The summed E-state index contributed by atoms with van der Waals surface area (Å²) in [5.41, 5.74) is 4.57. The molecule has 0 unspecified atom stereocenters. The van der Waals surface area contributed by atoms with E-state index in [4.69, 9.17) is 14.5 Å². The summed E-state index contributed by atoms with van der Waals surface area (Å²) in [5.74, 6) is 3.29. The Balaban J connectivity index is 1.15. The Bertz CT molecular complexity index is 1200. The van der Waals surface area contributed by atoms with E-state index in [1.54, 1.807) is 7.11 Å². The van der Waals surface area contributed by atoms with Crippen molar-refractivity contribution in [3.63, 3.8) is 0 Å². The Morgan fingerprint density at radius 3 is 2.73 bits per heavy atom. The summed E-state index contributed by atoms with van der Waals surface area (Å²) in [6, 6.07) is 18.3. The van der Waals surface area contributed by atoms with Crippen LogP contribution in [0, 0.1) is 0 Å². The average molecular weight is 446 g/mol. The minimum absolute atomic E-state index is 0.456. The van der Waals surface area contributed by atoms with Gasteiger partial charge in [0.2, 0.25) is 0 Å². The summed E-state index contributed by atoms with van der Waals surface area (Å²) in [6.07, 6.45) is 1.93. The third kappa shape index (κ3) is 4.73. The van der Waals surface area contributed by atoms with E-state index in [1.165, 1.54) is 5.52 Å². The van der Waals surface area contributed by atoms with Crippen molar-refractivity contribution in [1.29, 1.82) is 0 Å². The van der Waals surface area contributed by atoms with Crippen LogP contribution in [0.15, 0.2) is 54.6 Å². The molecule has 0 aliphatic carbocycles. The van der Waals surface area contributed by atoms with E-state index in [0.717, 1.165) is 73.2 Å². The van der Waals surface area contributed by atoms with Crippen LogP contribution < -0.4 is 9.47 Å². The third-order valence-corrected chi connectivity index (χ3v) is 6.46. The molecule has 0 bridgehead atoms. The maximum atomic E-state index is 5.85. The zero-order chi connectivity index (χ0) is 22.6. The van der Waals surface area contributed by atoms with Crippen LogP contribution in [0.5, 0.6) is 11.5 Å². The van der Waals surface area contributed by atoms with E-state index < -0.39 is 0 Å². The summed E-state index contributed by atoms with van der Waals surface area (Å²) in [6.45, 7) is 6.70. The van der Waals surface area contributed by atoms with Gasteiger partial charge in [-0.2, -0.15) is 5.10 Å². The topological polar surface area (TPSA) is 68.2 Å². The van der Waals surface area contributed by atoms with Crippen LogP contribution in [-0.2, 0) is 19.5 Å². The summed E-state index contributed by atoms with van der Waals surface area (Å²) in [5, 5.41) is 7.81. The number of hydrogen-bond donors (Lipinski definition) is 1. The zero-order valence-corrected chi connectivity index (χ0v) is 19.3. The first kappa shape index (κ1) is 21.5. The van der Waals surface area contributed by atoms with Gasteiger partial charge in [0, 0.05) is 31.1 Å². The lowest BCUT2D eigenvalue weighted by Gasteiger charge is -2.16. The average Bonchev–Trinajstić information content (AvgIpc) is 3.58. The van der Waals surface area contributed by atoms with Gasteiger partial charge < -0.3 is 14.0 Å². The molecule has 1 aliphatic rings. The quantitative estimate of drug-likeness (QED) is 0.414. The maximum absolute atomic E-state index is 5.85. The second kappa shape index (κ2) is 9.67. The molecule has 4 aromatic rings. The smallest absolute Gasteiger partial charge is 0.124 e. The molecule has 1 saturated heterocycles. The predicted molar refractivity (Wildman–Crippen MR) is 129 cm³/mol. The first-order valence-electron chi connectivity index (χ1n) is 11.7. The number of likely N-dealkylation sites (tertiary alicyclic amines) is 1. The van der Waals surface area contributed by atoms with Crippen LogP contribution >= 0.6 is 0 Å². The number of H-pyrrole nitrogens is 1. The number of methoxy groups -OCH3 is 1. The molecular weight excluding hydrogens is 414 g/mol. The number of benzene rings is 2. The number of hydrogen-bond acceptors (Lipinski definition) is 5. The normalized spacial score (nSPS) is 16.5. The highest BCUT2D eigenvalue weighted by Gasteiger charge is 2.27. The maximum Gasteiger partial charge on any atom is 0.124 e. The molecule has 2 aromatic heterocycles. The Morgan fingerprint density at radius 2 is 1.91 bits per heavy atom. The largest absolute Gasteiger partial charge is 0.497 e. The number of fused-ring (bicyclic) bond motifs is 1.